The average molecular weight is 315 g/mol. The first kappa shape index (κ1) is 15.7. The predicted molar refractivity (Wildman–Crippen MR) is 68.6 cm³/mol. The minimum atomic E-state index is -4.72. The molecule has 0 amide bonds. The third-order valence-electron chi connectivity index (χ3n) is 2.55. The first-order valence-electron chi connectivity index (χ1n) is 5.93. The largest absolute Gasteiger partial charge is 0.480 e. The Morgan fingerprint density at radius 1 is 1.18 bits per heavy atom. The molecule has 0 fully saturated rings. The first-order chi connectivity index (χ1) is 10.3. The monoisotopic (exact) mass is 315 g/mol. The van der Waals surface area contributed by atoms with Gasteiger partial charge in [0.05, 0.1) is 5.69 Å². The summed E-state index contributed by atoms with van der Waals surface area (Å²) in [6.07, 6.45) is -4.72. The summed E-state index contributed by atoms with van der Waals surface area (Å²) in [5.74, 6) is -2.29. The Morgan fingerprint density at radius 3 is 2.36 bits per heavy atom. The average Bonchev–Trinajstić information content (AvgIpc) is 2.44. The molecular formula is C13H9F4N3O2. The lowest BCUT2D eigenvalue weighted by atomic mass is 10.1. The van der Waals surface area contributed by atoms with Gasteiger partial charge < -0.3 is 10.4 Å². The third-order valence-corrected chi connectivity index (χ3v) is 2.55. The van der Waals surface area contributed by atoms with Crippen molar-refractivity contribution < 1.29 is 27.5 Å². The van der Waals surface area contributed by atoms with Crippen molar-refractivity contribution in [1.29, 1.82) is 0 Å². The van der Waals surface area contributed by atoms with Gasteiger partial charge in [-0.2, -0.15) is 13.2 Å². The van der Waals surface area contributed by atoms with Crippen LogP contribution in [0.4, 0.5) is 23.5 Å². The van der Waals surface area contributed by atoms with Gasteiger partial charge in [-0.15, -0.1) is 0 Å². The number of carbonyl (C=O) groups is 1. The molecule has 22 heavy (non-hydrogen) atoms. The van der Waals surface area contributed by atoms with Gasteiger partial charge in [0.25, 0.3) is 0 Å². The van der Waals surface area contributed by atoms with Crippen molar-refractivity contribution in [3.63, 3.8) is 0 Å². The summed E-state index contributed by atoms with van der Waals surface area (Å²) >= 11 is 0. The van der Waals surface area contributed by atoms with Gasteiger partial charge in [-0.3, -0.25) is 4.79 Å². The molecule has 0 radical (unpaired) electrons. The molecule has 1 aromatic heterocycles. The summed E-state index contributed by atoms with van der Waals surface area (Å²) in [5.41, 5.74) is -1.09. The lowest BCUT2D eigenvalue weighted by molar-refractivity contribution is -0.141. The van der Waals surface area contributed by atoms with E-state index in [0.717, 1.165) is 12.1 Å². The summed E-state index contributed by atoms with van der Waals surface area (Å²) in [7, 11) is 0. The van der Waals surface area contributed by atoms with Crippen LogP contribution in [0, 0.1) is 5.82 Å². The highest BCUT2D eigenvalue weighted by Crippen LogP contribution is 2.31. The molecule has 0 aliphatic rings. The first-order valence-corrected chi connectivity index (χ1v) is 5.93. The molecule has 116 valence electrons. The summed E-state index contributed by atoms with van der Waals surface area (Å²) in [4.78, 5) is 17.5. The van der Waals surface area contributed by atoms with Crippen molar-refractivity contribution in [3.05, 3.63) is 41.8 Å². The minimum absolute atomic E-state index is 0.102. The van der Waals surface area contributed by atoms with E-state index in [9.17, 15) is 22.4 Å². The highest BCUT2D eigenvalue weighted by atomic mass is 19.4. The molecule has 0 saturated heterocycles. The number of aliphatic carboxylic acids is 1. The molecule has 1 aromatic carbocycles. The molecule has 0 spiro atoms. The number of nitrogens with zero attached hydrogens (tertiary/aromatic N) is 2. The van der Waals surface area contributed by atoms with Crippen molar-refractivity contribution in [2.45, 2.75) is 6.18 Å². The second-order valence-electron chi connectivity index (χ2n) is 4.21. The van der Waals surface area contributed by atoms with E-state index < -0.39 is 36.1 Å². The van der Waals surface area contributed by atoms with Crippen LogP contribution < -0.4 is 5.32 Å². The smallest absolute Gasteiger partial charge is 0.433 e. The maximum atomic E-state index is 12.9. The number of hydrogen-bond acceptors (Lipinski definition) is 4. The maximum absolute atomic E-state index is 12.9. The van der Waals surface area contributed by atoms with Gasteiger partial charge in [0, 0.05) is 5.56 Å². The lowest BCUT2D eigenvalue weighted by Gasteiger charge is -2.11. The van der Waals surface area contributed by atoms with Gasteiger partial charge in [0.1, 0.15) is 12.4 Å². The number of rotatable bonds is 4. The molecule has 0 unspecified atom stereocenters. The lowest BCUT2D eigenvalue weighted by Crippen LogP contribution is -2.17. The molecule has 0 bridgehead atoms. The second-order valence-corrected chi connectivity index (χ2v) is 4.21. The van der Waals surface area contributed by atoms with Crippen LogP contribution in [0.1, 0.15) is 5.69 Å². The third kappa shape index (κ3) is 3.90. The summed E-state index contributed by atoms with van der Waals surface area (Å²) in [5, 5.41) is 10.7. The summed E-state index contributed by atoms with van der Waals surface area (Å²) in [6.45, 7) is -0.635. The standard InChI is InChI=1S/C13H9F4N3O2/c14-8-3-1-7(2-4-8)9-5-10(13(15,16)17)20-12(19-9)18-6-11(21)22/h1-5H,6H2,(H,21,22)(H,18,19,20). The van der Waals surface area contributed by atoms with E-state index >= 15 is 0 Å². The van der Waals surface area contributed by atoms with Crippen LogP contribution in [0.25, 0.3) is 11.3 Å². The predicted octanol–water partition coefficient (Wildman–Crippen LogP) is 2.80. The van der Waals surface area contributed by atoms with Gasteiger partial charge in [0.2, 0.25) is 5.95 Å². The van der Waals surface area contributed by atoms with E-state index in [1.165, 1.54) is 12.1 Å². The van der Waals surface area contributed by atoms with E-state index in [0.29, 0.717) is 6.07 Å². The van der Waals surface area contributed by atoms with Crippen molar-refractivity contribution in [2.24, 2.45) is 0 Å². The topological polar surface area (TPSA) is 75.1 Å². The molecule has 9 heteroatoms. The molecular weight excluding hydrogens is 306 g/mol. The molecule has 0 saturated carbocycles. The van der Waals surface area contributed by atoms with Gasteiger partial charge in [-0.05, 0) is 30.3 Å². The number of carboxylic acids is 1. The molecule has 0 atom stereocenters. The molecule has 2 aromatic rings. The normalized spacial score (nSPS) is 11.3. The van der Waals surface area contributed by atoms with Crippen LogP contribution in [-0.2, 0) is 11.0 Å². The second kappa shape index (κ2) is 5.96. The van der Waals surface area contributed by atoms with Gasteiger partial charge in [0.15, 0.2) is 5.69 Å². The molecule has 2 rings (SSSR count). The molecule has 1 heterocycles. The van der Waals surface area contributed by atoms with E-state index in [1.807, 2.05) is 0 Å². The Bertz CT molecular complexity index is 687. The van der Waals surface area contributed by atoms with Crippen LogP contribution in [0.2, 0.25) is 0 Å². The fraction of sp³-hybridized carbons (Fsp3) is 0.154. The Kier molecular flexibility index (Phi) is 4.25. The van der Waals surface area contributed by atoms with Crippen molar-refractivity contribution in [2.75, 3.05) is 11.9 Å². The van der Waals surface area contributed by atoms with Crippen molar-refractivity contribution in [3.8, 4) is 11.3 Å². The van der Waals surface area contributed by atoms with Crippen LogP contribution in [-0.4, -0.2) is 27.6 Å². The SMILES string of the molecule is O=C(O)CNc1nc(-c2ccc(F)cc2)cc(C(F)(F)F)n1. The zero-order valence-corrected chi connectivity index (χ0v) is 10.9. The van der Waals surface area contributed by atoms with Crippen LogP contribution in [0.5, 0.6) is 0 Å². The van der Waals surface area contributed by atoms with E-state index in [1.54, 1.807) is 0 Å². The number of nitrogens with one attached hydrogen (secondary N) is 1. The molecule has 2 N–H and O–H groups in total. The quantitative estimate of drug-likeness (QED) is 0.849. The highest BCUT2D eigenvalue weighted by molar-refractivity contribution is 5.72. The van der Waals surface area contributed by atoms with Crippen LogP contribution >= 0.6 is 0 Å². The van der Waals surface area contributed by atoms with E-state index in [2.05, 4.69) is 15.3 Å². The number of hydrogen-bond donors (Lipinski definition) is 2. The Morgan fingerprint density at radius 2 is 1.82 bits per heavy atom. The molecule has 5 nitrogen and oxygen atoms in total. The Hall–Kier alpha value is -2.71. The minimum Gasteiger partial charge on any atom is -0.480 e. The highest BCUT2D eigenvalue weighted by Gasteiger charge is 2.33. The maximum Gasteiger partial charge on any atom is 0.433 e. The number of alkyl halides is 3. The Balaban J connectivity index is 2.45. The van der Waals surface area contributed by atoms with Gasteiger partial charge in [-0.25, -0.2) is 14.4 Å². The number of carboxylic acid groups (broad SMARTS) is 1. The Labute approximate surface area is 121 Å². The zero-order valence-electron chi connectivity index (χ0n) is 10.9. The fourth-order valence-corrected chi connectivity index (χ4v) is 1.59. The van der Waals surface area contributed by atoms with Crippen molar-refractivity contribution in [1.82, 2.24) is 9.97 Å². The van der Waals surface area contributed by atoms with Gasteiger partial charge >= 0.3 is 12.1 Å². The van der Waals surface area contributed by atoms with E-state index in [-0.39, 0.29) is 11.3 Å². The summed E-state index contributed by atoms with van der Waals surface area (Å²) < 4.78 is 51.4. The number of benzene rings is 1. The van der Waals surface area contributed by atoms with E-state index in [4.69, 9.17) is 5.11 Å². The number of halogens is 4. The fourth-order valence-electron chi connectivity index (χ4n) is 1.59. The number of aromatic nitrogens is 2. The van der Waals surface area contributed by atoms with Crippen LogP contribution in [0.3, 0.4) is 0 Å². The van der Waals surface area contributed by atoms with Crippen molar-refractivity contribution >= 4 is 11.9 Å². The molecule has 0 aliphatic heterocycles. The number of anilines is 1. The van der Waals surface area contributed by atoms with Crippen LogP contribution in [0.15, 0.2) is 30.3 Å². The summed E-state index contributed by atoms with van der Waals surface area (Å²) in [6, 6.07) is 5.39. The molecule has 0 aliphatic carbocycles. The zero-order chi connectivity index (χ0) is 16.3. The van der Waals surface area contributed by atoms with Gasteiger partial charge in [-0.1, -0.05) is 0 Å².